The van der Waals surface area contributed by atoms with Crippen molar-refractivity contribution in [1.82, 2.24) is 4.90 Å². The van der Waals surface area contributed by atoms with Crippen LogP contribution in [0.1, 0.15) is 45.4 Å². The molecule has 0 aromatic heterocycles. The molecule has 0 bridgehead atoms. The first-order chi connectivity index (χ1) is 7.79. The summed E-state index contributed by atoms with van der Waals surface area (Å²) in [5, 5.41) is 0. The lowest BCUT2D eigenvalue weighted by Gasteiger charge is -2.34. The molecule has 2 rings (SSSR count). The van der Waals surface area contributed by atoms with Gasteiger partial charge in [-0.25, -0.2) is 0 Å². The summed E-state index contributed by atoms with van der Waals surface area (Å²) in [6.45, 7) is 5.91. The highest BCUT2D eigenvalue weighted by Crippen LogP contribution is 2.29. The van der Waals surface area contributed by atoms with Gasteiger partial charge in [0.1, 0.15) is 0 Å². The number of allylic oxidation sites excluding steroid dienone is 1. The average molecular weight is 221 g/mol. The Morgan fingerprint density at radius 2 is 2.25 bits per heavy atom. The van der Waals surface area contributed by atoms with Gasteiger partial charge in [-0.2, -0.15) is 0 Å². The second-order valence-electron chi connectivity index (χ2n) is 5.18. The molecule has 1 atom stereocenters. The van der Waals surface area contributed by atoms with E-state index in [0.717, 1.165) is 19.3 Å². The van der Waals surface area contributed by atoms with Crippen molar-refractivity contribution in [3.05, 3.63) is 11.6 Å². The Kier molecular flexibility index (Phi) is 4.16. The fourth-order valence-corrected chi connectivity index (χ4v) is 3.02. The van der Waals surface area contributed by atoms with Crippen LogP contribution < -0.4 is 0 Å². The molecule has 0 saturated carbocycles. The van der Waals surface area contributed by atoms with Gasteiger partial charge in [0, 0.05) is 13.0 Å². The number of nitrogens with zero attached hydrogens (tertiary/aromatic N) is 1. The first-order valence-electron chi connectivity index (χ1n) is 6.75. The summed E-state index contributed by atoms with van der Waals surface area (Å²) in [5.74, 6) is 1.03. The van der Waals surface area contributed by atoms with Gasteiger partial charge in [0.05, 0.1) is 0 Å². The monoisotopic (exact) mass is 221 g/mol. The fraction of sp³-hybridized carbons (Fsp3) is 0.786. The van der Waals surface area contributed by atoms with Crippen molar-refractivity contribution in [1.29, 1.82) is 0 Å². The molecule has 1 fully saturated rings. The minimum Gasteiger partial charge on any atom is -0.303 e. The maximum absolute atomic E-state index is 11.4. The zero-order valence-electron chi connectivity index (χ0n) is 10.4. The van der Waals surface area contributed by atoms with Crippen molar-refractivity contribution in [3.63, 3.8) is 0 Å². The van der Waals surface area contributed by atoms with Crippen LogP contribution in [0.5, 0.6) is 0 Å². The SMILES string of the molecule is CCCN1CCCC(C2=CC(=O)CCC2)C1. The Balaban J connectivity index is 1.95. The van der Waals surface area contributed by atoms with E-state index >= 15 is 0 Å². The van der Waals surface area contributed by atoms with Crippen LogP contribution in [0.2, 0.25) is 0 Å². The van der Waals surface area contributed by atoms with Crippen molar-refractivity contribution < 1.29 is 4.79 Å². The fourth-order valence-electron chi connectivity index (χ4n) is 3.02. The van der Waals surface area contributed by atoms with E-state index in [0.29, 0.717) is 11.7 Å². The van der Waals surface area contributed by atoms with E-state index in [4.69, 9.17) is 0 Å². The summed E-state index contributed by atoms with van der Waals surface area (Å²) in [6, 6.07) is 0. The van der Waals surface area contributed by atoms with Gasteiger partial charge < -0.3 is 4.90 Å². The smallest absolute Gasteiger partial charge is 0.155 e. The van der Waals surface area contributed by atoms with Crippen molar-refractivity contribution in [3.8, 4) is 0 Å². The predicted molar refractivity (Wildman–Crippen MR) is 66.4 cm³/mol. The maximum atomic E-state index is 11.4. The van der Waals surface area contributed by atoms with Crippen LogP contribution in [0.25, 0.3) is 0 Å². The van der Waals surface area contributed by atoms with E-state index in [9.17, 15) is 4.79 Å². The Labute approximate surface area is 98.7 Å². The van der Waals surface area contributed by atoms with Crippen molar-refractivity contribution >= 4 is 5.78 Å². The Bertz CT molecular complexity index is 280. The van der Waals surface area contributed by atoms with Crippen LogP contribution in [0.3, 0.4) is 0 Å². The molecule has 2 aliphatic rings. The van der Waals surface area contributed by atoms with Gasteiger partial charge in [-0.3, -0.25) is 4.79 Å². The third-order valence-electron chi connectivity index (χ3n) is 3.80. The standard InChI is InChI=1S/C14H23NO/c1-2-8-15-9-4-6-13(11-15)12-5-3-7-14(16)10-12/h10,13H,2-9,11H2,1H3. The molecule has 1 aliphatic carbocycles. The Morgan fingerprint density at radius 1 is 1.38 bits per heavy atom. The molecule has 1 aliphatic heterocycles. The molecule has 0 amide bonds. The number of carbonyl (C=O) groups is 1. The molecule has 16 heavy (non-hydrogen) atoms. The summed E-state index contributed by atoms with van der Waals surface area (Å²) in [6.07, 6.45) is 8.80. The number of rotatable bonds is 3. The number of likely N-dealkylation sites (tertiary alicyclic amines) is 1. The zero-order valence-corrected chi connectivity index (χ0v) is 10.4. The third kappa shape index (κ3) is 2.94. The first kappa shape index (κ1) is 11.8. The molecule has 0 radical (unpaired) electrons. The van der Waals surface area contributed by atoms with Gasteiger partial charge in [0.25, 0.3) is 0 Å². The molecule has 2 nitrogen and oxygen atoms in total. The second kappa shape index (κ2) is 5.62. The first-order valence-corrected chi connectivity index (χ1v) is 6.75. The highest BCUT2D eigenvalue weighted by atomic mass is 16.1. The molecule has 90 valence electrons. The molecule has 0 aromatic rings. The largest absolute Gasteiger partial charge is 0.303 e. The van der Waals surface area contributed by atoms with Crippen molar-refractivity contribution in [2.45, 2.75) is 45.4 Å². The van der Waals surface area contributed by atoms with E-state index in [1.54, 1.807) is 0 Å². The van der Waals surface area contributed by atoms with Gasteiger partial charge in [-0.15, -0.1) is 0 Å². The van der Waals surface area contributed by atoms with E-state index in [2.05, 4.69) is 11.8 Å². The van der Waals surface area contributed by atoms with E-state index < -0.39 is 0 Å². The number of hydrogen-bond acceptors (Lipinski definition) is 2. The molecule has 2 heteroatoms. The van der Waals surface area contributed by atoms with Gasteiger partial charge in [-0.1, -0.05) is 12.5 Å². The number of piperidine rings is 1. The van der Waals surface area contributed by atoms with E-state index in [1.807, 2.05) is 6.08 Å². The quantitative estimate of drug-likeness (QED) is 0.730. The average Bonchev–Trinajstić information content (AvgIpc) is 2.30. The van der Waals surface area contributed by atoms with Crippen molar-refractivity contribution in [2.24, 2.45) is 5.92 Å². The molecule has 0 spiro atoms. The molecule has 0 aromatic carbocycles. The molecular weight excluding hydrogens is 198 g/mol. The summed E-state index contributed by atoms with van der Waals surface area (Å²) in [7, 11) is 0. The van der Waals surface area contributed by atoms with Crippen LogP contribution in [-0.2, 0) is 4.79 Å². The van der Waals surface area contributed by atoms with E-state index in [1.165, 1.54) is 44.5 Å². The van der Waals surface area contributed by atoms with Crippen LogP contribution >= 0.6 is 0 Å². The van der Waals surface area contributed by atoms with Crippen LogP contribution in [0, 0.1) is 5.92 Å². The summed E-state index contributed by atoms with van der Waals surface area (Å²) in [5.41, 5.74) is 1.44. The lowest BCUT2D eigenvalue weighted by molar-refractivity contribution is -0.115. The van der Waals surface area contributed by atoms with Crippen LogP contribution in [0.15, 0.2) is 11.6 Å². The lowest BCUT2D eigenvalue weighted by Crippen LogP contribution is -2.37. The van der Waals surface area contributed by atoms with Gasteiger partial charge in [-0.05, 0) is 57.2 Å². The minimum absolute atomic E-state index is 0.355. The highest BCUT2D eigenvalue weighted by molar-refractivity contribution is 5.91. The summed E-state index contributed by atoms with van der Waals surface area (Å²) < 4.78 is 0. The predicted octanol–water partition coefficient (Wildman–Crippen LogP) is 2.79. The zero-order chi connectivity index (χ0) is 11.4. The normalized spacial score (nSPS) is 27.9. The van der Waals surface area contributed by atoms with Gasteiger partial charge in [0.15, 0.2) is 5.78 Å². The Hall–Kier alpha value is -0.630. The van der Waals surface area contributed by atoms with Gasteiger partial charge in [0.2, 0.25) is 0 Å². The minimum atomic E-state index is 0.355. The number of carbonyl (C=O) groups excluding carboxylic acids is 1. The highest BCUT2D eigenvalue weighted by Gasteiger charge is 2.24. The van der Waals surface area contributed by atoms with Crippen LogP contribution in [-0.4, -0.2) is 30.3 Å². The summed E-state index contributed by atoms with van der Waals surface area (Å²) in [4.78, 5) is 14.0. The van der Waals surface area contributed by atoms with Gasteiger partial charge >= 0.3 is 0 Å². The molecule has 1 heterocycles. The Morgan fingerprint density at radius 3 is 3.00 bits per heavy atom. The topological polar surface area (TPSA) is 20.3 Å². The third-order valence-corrected chi connectivity index (χ3v) is 3.80. The van der Waals surface area contributed by atoms with Crippen molar-refractivity contribution in [2.75, 3.05) is 19.6 Å². The van der Waals surface area contributed by atoms with Crippen LogP contribution in [0.4, 0.5) is 0 Å². The number of ketones is 1. The van der Waals surface area contributed by atoms with E-state index in [-0.39, 0.29) is 0 Å². The molecule has 1 unspecified atom stereocenters. The maximum Gasteiger partial charge on any atom is 0.155 e. The number of hydrogen-bond donors (Lipinski definition) is 0. The molecule has 0 N–H and O–H groups in total. The lowest BCUT2D eigenvalue weighted by atomic mass is 9.84. The summed E-state index contributed by atoms with van der Waals surface area (Å²) >= 11 is 0. The second-order valence-corrected chi connectivity index (χ2v) is 5.18. The molecular formula is C14H23NO. The molecule has 1 saturated heterocycles.